The summed E-state index contributed by atoms with van der Waals surface area (Å²) in [5.41, 5.74) is 2.45. The van der Waals surface area contributed by atoms with Gasteiger partial charge in [0, 0.05) is 37.9 Å². The molecule has 1 atom stereocenters. The van der Waals surface area contributed by atoms with Gasteiger partial charge in [0.1, 0.15) is 0 Å². The van der Waals surface area contributed by atoms with Gasteiger partial charge in [-0.3, -0.25) is 9.69 Å². The van der Waals surface area contributed by atoms with Gasteiger partial charge in [-0.25, -0.2) is 8.42 Å². The van der Waals surface area contributed by atoms with E-state index in [4.69, 9.17) is 0 Å². The van der Waals surface area contributed by atoms with Gasteiger partial charge in [0.05, 0.1) is 18.1 Å². The highest BCUT2D eigenvalue weighted by molar-refractivity contribution is 7.91. The first-order chi connectivity index (χ1) is 12.4. The Morgan fingerprint density at radius 1 is 1.23 bits per heavy atom. The molecule has 7 heteroatoms. The Balaban J connectivity index is 1.53. The van der Waals surface area contributed by atoms with Gasteiger partial charge in [-0.2, -0.15) is 0 Å². The van der Waals surface area contributed by atoms with Crippen molar-refractivity contribution in [2.75, 3.05) is 55.7 Å². The number of anilines is 1. The summed E-state index contributed by atoms with van der Waals surface area (Å²) in [4.78, 5) is 19.0. The zero-order chi connectivity index (χ0) is 18.7. The fourth-order valence-corrected chi connectivity index (χ4v) is 5.64. The van der Waals surface area contributed by atoms with E-state index in [9.17, 15) is 13.2 Å². The highest BCUT2D eigenvalue weighted by Gasteiger charge is 2.33. The van der Waals surface area contributed by atoms with Crippen LogP contribution in [0.2, 0.25) is 0 Å². The molecule has 2 heterocycles. The van der Waals surface area contributed by atoms with Crippen molar-refractivity contribution in [3.05, 3.63) is 29.8 Å². The molecule has 144 valence electrons. The molecule has 0 bridgehead atoms. The molecule has 2 aliphatic rings. The van der Waals surface area contributed by atoms with Crippen molar-refractivity contribution in [3.63, 3.8) is 0 Å². The minimum absolute atomic E-state index is 0.0115. The van der Waals surface area contributed by atoms with Crippen molar-refractivity contribution < 1.29 is 13.2 Å². The molecule has 2 saturated heterocycles. The average Bonchev–Trinajstić information content (AvgIpc) is 2.99. The first-order valence-electron chi connectivity index (χ1n) is 9.42. The van der Waals surface area contributed by atoms with Gasteiger partial charge >= 0.3 is 0 Å². The van der Waals surface area contributed by atoms with Crippen LogP contribution < -0.4 is 4.90 Å². The van der Waals surface area contributed by atoms with E-state index in [-0.39, 0.29) is 23.5 Å². The molecule has 1 unspecified atom stereocenters. The number of hydrogen-bond acceptors (Lipinski definition) is 5. The number of likely N-dealkylation sites (N-methyl/N-ethyl adjacent to an activating group) is 1. The third-order valence-corrected chi connectivity index (χ3v) is 7.22. The average molecular weight is 380 g/mol. The Labute approximate surface area is 156 Å². The second-order valence-corrected chi connectivity index (χ2v) is 9.56. The minimum Gasteiger partial charge on any atom is -0.368 e. The van der Waals surface area contributed by atoms with Gasteiger partial charge in [-0.1, -0.05) is 19.1 Å². The predicted octanol–water partition coefficient (Wildman–Crippen LogP) is 1.15. The largest absolute Gasteiger partial charge is 0.368 e. The Morgan fingerprint density at radius 3 is 2.54 bits per heavy atom. The van der Waals surface area contributed by atoms with Crippen LogP contribution in [0.25, 0.3) is 0 Å². The monoisotopic (exact) mass is 379 g/mol. The van der Waals surface area contributed by atoms with E-state index >= 15 is 0 Å². The summed E-state index contributed by atoms with van der Waals surface area (Å²) < 4.78 is 23.4. The van der Waals surface area contributed by atoms with E-state index in [0.29, 0.717) is 32.6 Å². The highest BCUT2D eigenvalue weighted by atomic mass is 32.2. The first kappa shape index (κ1) is 19.2. The second-order valence-electron chi connectivity index (χ2n) is 7.33. The minimum atomic E-state index is -2.93. The number of nitrogens with zero attached hydrogens (tertiary/aromatic N) is 3. The summed E-state index contributed by atoms with van der Waals surface area (Å²) in [6.07, 6.45) is 0.643. The molecule has 1 aromatic rings. The van der Waals surface area contributed by atoms with E-state index in [0.717, 1.165) is 13.1 Å². The van der Waals surface area contributed by atoms with Crippen LogP contribution in [0.4, 0.5) is 5.69 Å². The third kappa shape index (κ3) is 4.57. The number of rotatable bonds is 5. The molecule has 3 rings (SSSR count). The molecule has 2 fully saturated rings. The molecule has 0 radical (unpaired) electrons. The summed E-state index contributed by atoms with van der Waals surface area (Å²) >= 11 is 0. The number of aryl methyl sites for hydroxylation is 1. The van der Waals surface area contributed by atoms with Crippen molar-refractivity contribution in [2.24, 2.45) is 0 Å². The highest BCUT2D eigenvalue weighted by Crippen LogP contribution is 2.20. The Hall–Kier alpha value is -1.60. The lowest BCUT2D eigenvalue weighted by molar-refractivity contribution is -0.133. The molecule has 6 nitrogen and oxygen atoms in total. The number of carbonyl (C=O) groups excluding carboxylic acids is 1. The first-order valence-corrected chi connectivity index (χ1v) is 11.2. The molecule has 26 heavy (non-hydrogen) atoms. The molecule has 2 aliphatic heterocycles. The number of piperazine rings is 1. The molecule has 1 amide bonds. The maximum Gasteiger partial charge on any atom is 0.236 e. The molecular formula is C19H29N3O3S. The van der Waals surface area contributed by atoms with Crippen LogP contribution in [0.15, 0.2) is 24.3 Å². The Bertz CT molecular complexity index is 742. The van der Waals surface area contributed by atoms with Crippen molar-refractivity contribution in [3.8, 4) is 0 Å². The number of amides is 1. The summed E-state index contributed by atoms with van der Waals surface area (Å²) in [6, 6.07) is 8.44. The molecule has 0 aromatic heterocycles. The summed E-state index contributed by atoms with van der Waals surface area (Å²) in [5.74, 6) is 0.548. The van der Waals surface area contributed by atoms with E-state index < -0.39 is 9.84 Å². The lowest BCUT2D eigenvalue weighted by Crippen LogP contribution is -2.52. The van der Waals surface area contributed by atoms with E-state index in [1.807, 2.05) is 16.7 Å². The lowest BCUT2D eigenvalue weighted by Gasteiger charge is -2.37. The summed E-state index contributed by atoms with van der Waals surface area (Å²) in [5, 5.41) is 0. The second kappa shape index (κ2) is 7.96. The van der Waals surface area contributed by atoms with Gasteiger partial charge in [0.25, 0.3) is 0 Å². The molecule has 0 N–H and O–H groups in total. The van der Waals surface area contributed by atoms with Crippen molar-refractivity contribution in [1.29, 1.82) is 0 Å². The standard InChI is InChI=1S/C19H29N3O3S/c1-3-20(18-7-12-26(24,25)15-18)14-19(23)22-10-8-21(9-11-22)17-6-4-5-16(2)13-17/h4-6,13,18H,3,7-12,14-15H2,1-2H3. The van der Waals surface area contributed by atoms with Crippen LogP contribution >= 0.6 is 0 Å². The number of hydrogen-bond donors (Lipinski definition) is 0. The number of sulfone groups is 1. The van der Waals surface area contributed by atoms with Gasteiger partial charge in [0.15, 0.2) is 9.84 Å². The van der Waals surface area contributed by atoms with Crippen LogP contribution in [0.1, 0.15) is 18.9 Å². The molecule has 1 aromatic carbocycles. The zero-order valence-corrected chi connectivity index (χ0v) is 16.5. The van der Waals surface area contributed by atoms with Crippen LogP contribution in [-0.2, 0) is 14.6 Å². The number of carbonyl (C=O) groups is 1. The topological polar surface area (TPSA) is 60.9 Å². The normalized spacial score (nSPS) is 22.8. The van der Waals surface area contributed by atoms with Crippen molar-refractivity contribution in [1.82, 2.24) is 9.80 Å². The van der Waals surface area contributed by atoms with Crippen molar-refractivity contribution >= 4 is 21.4 Å². The fraction of sp³-hybridized carbons (Fsp3) is 0.632. The Kier molecular flexibility index (Phi) is 5.87. The quantitative estimate of drug-likeness (QED) is 0.768. The molecule has 0 aliphatic carbocycles. The van der Waals surface area contributed by atoms with Crippen LogP contribution in [-0.4, -0.2) is 80.9 Å². The molecule has 0 saturated carbocycles. The van der Waals surface area contributed by atoms with Gasteiger partial charge < -0.3 is 9.80 Å². The third-order valence-electron chi connectivity index (χ3n) is 5.47. The molecule has 0 spiro atoms. The van der Waals surface area contributed by atoms with Gasteiger partial charge in [0.2, 0.25) is 5.91 Å². The lowest BCUT2D eigenvalue weighted by atomic mass is 10.2. The maximum absolute atomic E-state index is 12.7. The van der Waals surface area contributed by atoms with Crippen LogP contribution in [0.5, 0.6) is 0 Å². The van der Waals surface area contributed by atoms with E-state index in [1.165, 1.54) is 11.3 Å². The number of benzene rings is 1. The predicted molar refractivity (Wildman–Crippen MR) is 104 cm³/mol. The SMILES string of the molecule is CCN(CC(=O)N1CCN(c2cccc(C)c2)CC1)C1CCS(=O)(=O)C1. The van der Waals surface area contributed by atoms with Crippen LogP contribution in [0, 0.1) is 6.92 Å². The summed E-state index contributed by atoms with van der Waals surface area (Å²) in [7, 11) is -2.93. The Morgan fingerprint density at radius 2 is 1.96 bits per heavy atom. The zero-order valence-electron chi connectivity index (χ0n) is 15.7. The fourth-order valence-electron chi connectivity index (χ4n) is 3.87. The van der Waals surface area contributed by atoms with E-state index in [2.05, 4.69) is 36.1 Å². The van der Waals surface area contributed by atoms with Gasteiger partial charge in [-0.15, -0.1) is 0 Å². The maximum atomic E-state index is 12.7. The summed E-state index contributed by atoms with van der Waals surface area (Å²) in [6.45, 7) is 8.20. The van der Waals surface area contributed by atoms with Crippen molar-refractivity contribution in [2.45, 2.75) is 26.3 Å². The smallest absolute Gasteiger partial charge is 0.236 e. The molecular weight excluding hydrogens is 350 g/mol. The van der Waals surface area contributed by atoms with Crippen LogP contribution in [0.3, 0.4) is 0 Å². The van der Waals surface area contributed by atoms with E-state index in [1.54, 1.807) is 0 Å². The van der Waals surface area contributed by atoms with Gasteiger partial charge in [-0.05, 0) is 37.6 Å².